The largest absolute Gasteiger partial charge is 0.256 e. The third-order valence-electron chi connectivity index (χ3n) is 4.19. The highest BCUT2D eigenvalue weighted by Crippen LogP contribution is 2.29. The summed E-state index contributed by atoms with van der Waals surface area (Å²) in [6.07, 6.45) is 2.01. The number of pyridine rings is 1. The highest BCUT2D eigenvalue weighted by molar-refractivity contribution is 5.72. The van der Waals surface area contributed by atoms with Crippen LogP contribution in [0.25, 0.3) is 22.4 Å². The van der Waals surface area contributed by atoms with E-state index >= 15 is 0 Å². The Morgan fingerprint density at radius 1 is 0.739 bits per heavy atom. The number of benzene rings is 2. The van der Waals surface area contributed by atoms with Gasteiger partial charge < -0.3 is 0 Å². The number of rotatable bonds is 2. The van der Waals surface area contributed by atoms with Gasteiger partial charge in [0.15, 0.2) is 0 Å². The predicted octanol–water partition coefficient (Wildman–Crippen LogP) is 6.02. The third-order valence-corrected chi connectivity index (χ3v) is 4.19. The summed E-state index contributed by atoms with van der Waals surface area (Å²) in [7, 11) is 0. The molecule has 0 atom stereocenters. The van der Waals surface area contributed by atoms with Gasteiger partial charge in [-0.15, -0.1) is 0 Å². The lowest BCUT2D eigenvalue weighted by Crippen LogP contribution is -2.12. The standard InChI is InChI=1S/C22H23N/c1-16-13-20(22(2,3)4)15-23-21(16)19-12-8-11-18(14-19)17-9-6-5-7-10-17/h5-15H,1-4H3. The van der Waals surface area contributed by atoms with Crippen molar-refractivity contribution in [3.05, 3.63) is 78.0 Å². The molecule has 0 bridgehead atoms. The normalized spacial score (nSPS) is 11.5. The molecule has 1 heteroatoms. The topological polar surface area (TPSA) is 12.9 Å². The lowest BCUT2D eigenvalue weighted by molar-refractivity contribution is 0.587. The lowest BCUT2D eigenvalue weighted by atomic mass is 9.87. The number of aryl methyl sites for hydroxylation is 1. The number of hydrogen-bond donors (Lipinski definition) is 0. The van der Waals surface area contributed by atoms with Crippen LogP contribution in [0.2, 0.25) is 0 Å². The molecule has 0 aliphatic heterocycles. The smallest absolute Gasteiger partial charge is 0.0731 e. The first-order chi connectivity index (χ1) is 10.9. The van der Waals surface area contributed by atoms with E-state index in [0.717, 1.165) is 5.69 Å². The average Bonchev–Trinajstić information content (AvgIpc) is 2.55. The van der Waals surface area contributed by atoms with Gasteiger partial charge in [0.2, 0.25) is 0 Å². The highest BCUT2D eigenvalue weighted by atomic mass is 14.7. The van der Waals surface area contributed by atoms with Gasteiger partial charge in [-0.2, -0.15) is 0 Å². The predicted molar refractivity (Wildman–Crippen MR) is 98.5 cm³/mol. The molecule has 0 aliphatic carbocycles. The minimum absolute atomic E-state index is 0.127. The number of nitrogens with zero attached hydrogens (tertiary/aromatic N) is 1. The SMILES string of the molecule is Cc1cc(C(C)(C)C)cnc1-c1cccc(-c2ccccc2)c1. The molecule has 0 N–H and O–H groups in total. The molecule has 0 amide bonds. The Labute approximate surface area is 139 Å². The Bertz CT molecular complexity index is 811. The zero-order valence-corrected chi connectivity index (χ0v) is 14.3. The Morgan fingerprint density at radius 2 is 1.39 bits per heavy atom. The zero-order chi connectivity index (χ0) is 16.4. The van der Waals surface area contributed by atoms with Crippen molar-refractivity contribution in [2.45, 2.75) is 33.1 Å². The molecule has 1 aromatic heterocycles. The van der Waals surface area contributed by atoms with Crippen molar-refractivity contribution < 1.29 is 0 Å². The molecule has 1 nitrogen and oxygen atoms in total. The van der Waals surface area contributed by atoms with Gasteiger partial charge in [-0.3, -0.25) is 4.98 Å². The molecular weight excluding hydrogens is 278 g/mol. The fourth-order valence-corrected chi connectivity index (χ4v) is 2.76. The van der Waals surface area contributed by atoms with Crippen molar-refractivity contribution >= 4 is 0 Å². The molecule has 0 aliphatic rings. The molecule has 0 spiro atoms. The van der Waals surface area contributed by atoms with Crippen LogP contribution in [0.5, 0.6) is 0 Å². The molecule has 3 rings (SSSR count). The van der Waals surface area contributed by atoms with E-state index in [1.807, 2.05) is 12.3 Å². The van der Waals surface area contributed by atoms with E-state index in [1.165, 1.54) is 27.8 Å². The van der Waals surface area contributed by atoms with Crippen LogP contribution in [0.4, 0.5) is 0 Å². The second-order valence-corrected chi connectivity index (χ2v) is 7.09. The van der Waals surface area contributed by atoms with Crippen molar-refractivity contribution in [3.8, 4) is 22.4 Å². The first-order valence-electron chi connectivity index (χ1n) is 8.08. The summed E-state index contributed by atoms with van der Waals surface area (Å²) in [5.41, 5.74) is 7.32. The van der Waals surface area contributed by atoms with Gasteiger partial charge in [-0.05, 0) is 40.7 Å². The van der Waals surface area contributed by atoms with Gasteiger partial charge >= 0.3 is 0 Å². The molecule has 1 heterocycles. The van der Waals surface area contributed by atoms with Gasteiger partial charge in [-0.25, -0.2) is 0 Å². The Hall–Kier alpha value is -2.41. The van der Waals surface area contributed by atoms with E-state index in [2.05, 4.69) is 82.3 Å². The molecule has 23 heavy (non-hydrogen) atoms. The maximum atomic E-state index is 4.75. The minimum atomic E-state index is 0.127. The van der Waals surface area contributed by atoms with Crippen molar-refractivity contribution in [2.24, 2.45) is 0 Å². The molecule has 0 saturated heterocycles. The van der Waals surface area contributed by atoms with E-state index in [1.54, 1.807) is 0 Å². The molecule has 0 fully saturated rings. The van der Waals surface area contributed by atoms with Gasteiger partial charge in [0.25, 0.3) is 0 Å². The summed E-state index contributed by atoms with van der Waals surface area (Å²) >= 11 is 0. The van der Waals surface area contributed by atoms with E-state index in [4.69, 9.17) is 4.98 Å². The maximum absolute atomic E-state index is 4.75. The summed E-state index contributed by atoms with van der Waals surface area (Å²) in [5.74, 6) is 0. The molecule has 0 unspecified atom stereocenters. The number of aromatic nitrogens is 1. The van der Waals surface area contributed by atoms with Crippen LogP contribution in [-0.4, -0.2) is 4.98 Å². The first kappa shape index (κ1) is 15.5. The van der Waals surface area contributed by atoms with E-state index in [-0.39, 0.29) is 5.41 Å². The van der Waals surface area contributed by atoms with Crippen LogP contribution >= 0.6 is 0 Å². The van der Waals surface area contributed by atoms with E-state index in [0.29, 0.717) is 0 Å². The summed E-state index contributed by atoms with van der Waals surface area (Å²) < 4.78 is 0. The summed E-state index contributed by atoms with van der Waals surface area (Å²) in [5, 5.41) is 0. The van der Waals surface area contributed by atoms with E-state index < -0.39 is 0 Å². The maximum Gasteiger partial charge on any atom is 0.0731 e. The van der Waals surface area contributed by atoms with Crippen molar-refractivity contribution in [3.63, 3.8) is 0 Å². The zero-order valence-electron chi connectivity index (χ0n) is 14.3. The lowest BCUT2D eigenvalue weighted by Gasteiger charge is -2.20. The number of hydrogen-bond acceptors (Lipinski definition) is 1. The van der Waals surface area contributed by atoms with Crippen LogP contribution in [0.15, 0.2) is 66.9 Å². The summed E-state index contributed by atoms with van der Waals surface area (Å²) in [6.45, 7) is 8.81. The second kappa shape index (κ2) is 6.00. The Balaban J connectivity index is 2.03. The quantitative estimate of drug-likeness (QED) is 0.564. The fraction of sp³-hybridized carbons (Fsp3) is 0.227. The Morgan fingerprint density at radius 3 is 2.04 bits per heavy atom. The molecule has 0 saturated carbocycles. The van der Waals surface area contributed by atoms with Crippen LogP contribution < -0.4 is 0 Å². The minimum Gasteiger partial charge on any atom is -0.256 e. The molecule has 2 aromatic carbocycles. The van der Waals surface area contributed by atoms with Crippen LogP contribution in [-0.2, 0) is 5.41 Å². The second-order valence-electron chi connectivity index (χ2n) is 7.09. The van der Waals surface area contributed by atoms with Crippen LogP contribution in [0, 0.1) is 6.92 Å². The fourth-order valence-electron chi connectivity index (χ4n) is 2.76. The summed E-state index contributed by atoms with van der Waals surface area (Å²) in [4.78, 5) is 4.75. The van der Waals surface area contributed by atoms with E-state index in [9.17, 15) is 0 Å². The van der Waals surface area contributed by atoms with Gasteiger partial charge in [0, 0.05) is 11.8 Å². The van der Waals surface area contributed by atoms with Crippen LogP contribution in [0.3, 0.4) is 0 Å². The first-order valence-corrected chi connectivity index (χ1v) is 8.08. The van der Waals surface area contributed by atoms with Gasteiger partial charge in [0.1, 0.15) is 0 Å². The monoisotopic (exact) mass is 301 g/mol. The Kier molecular flexibility index (Phi) is 4.04. The average molecular weight is 301 g/mol. The molecular formula is C22H23N. The van der Waals surface area contributed by atoms with Gasteiger partial charge in [-0.1, -0.05) is 75.4 Å². The molecule has 3 aromatic rings. The molecule has 116 valence electrons. The summed E-state index contributed by atoms with van der Waals surface area (Å²) in [6, 6.07) is 21.4. The van der Waals surface area contributed by atoms with Crippen molar-refractivity contribution in [2.75, 3.05) is 0 Å². The highest BCUT2D eigenvalue weighted by Gasteiger charge is 2.15. The third kappa shape index (κ3) is 3.34. The van der Waals surface area contributed by atoms with Crippen molar-refractivity contribution in [1.29, 1.82) is 0 Å². The van der Waals surface area contributed by atoms with Crippen molar-refractivity contribution in [1.82, 2.24) is 4.98 Å². The van der Waals surface area contributed by atoms with Gasteiger partial charge in [0.05, 0.1) is 5.69 Å². The van der Waals surface area contributed by atoms with Crippen LogP contribution in [0.1, 0.15) is 31.9 Å². The molecule has 0 radical (unpaired) electrons.